The van der Waals surface area contributed by atoms with E-state index in [1.54, 1.807) is 10.7 Å². The largest absolute Gasteiger partial charge is 0.375 e. The van der Waals surface area contributed by atoms with Gasteiger partial charge < -0.3 is 5.73 Å². The van der Waals surface area contributed by atoms with Gasteiger partial charge in [0.1, 0.15) is 0 Å². The molecule has 0 radical (unpaired) electrons. The van der Waals surface area contributed by atoms with E-state index in [1.807, 2.05) is 5.41 Å². The fourth-order valence-electron chi connectivity index (χ4n) is 0.379. The molecule has 1 aliphatic heterocycles. The Bertz CT molecular complexity index is 137. The maximum atomic E-state index is 5.17. The molecule has 0 aromatic rings. The van der Waals surface area contributed by atoms with Crippen molar-refractivity contribution in [1.29, 1.82) is 0 Å². The minimum absolute atomic E-state index is 0.249. The van der Waals surface area contributed by atoms with Gasteiger partial charge in [0.15, 0.2) is 5.11 Å². The van der Waals surface area contributed by atoms with Crippen LogP contribution in [0.5, 0.6) is 0 Å². The van der Waals surface area contributed by atoms with Gasteiger partial charge in [-0.05, 0) is 24.2 Å². The molecule has 0 aromatic heterocycles. The van der Waals surface area contributed by atoms with Gasteiger partial charge in [0, 0.05) is 11.6 Å². The Balaban J connectivity index is 2.22. The lowest BCUT2D eigenvalue weighted by molar-refractivity contribution is 0.378. The molecular formula is C3H6N4S2. The van der Waals surface area contributed by atoms with E-state index < -0.39 is 0 Å². The van der Waals surface area contributed by atoms with E-state index in [0.717, 1.165) is 0 Å². The van der Waals surface area contributed by atoms with Crippen molar-refractivity contribution in [1.82, 2.24) is 15.4 Å². The number of hydrogen-bond donors (Lipinski definition) is 3. The number of nitrogens with two attached hydrogens (primary N) is 1. The number of rotatable bonds is 1. The molecular weight excluding hydrogens is 156 g/mol. The lowest BCUT2D eigenvalue weighted by atomic mass is 11.1. The Morgan fingerprint density at radius 3 is 3.11 bits per heavy atom. The smallest absolute Gasteiger partial charge is 0.180 e. The first kappa shape index (κ1) is 6.66. The van der Waals surface area contributed by atoms with Crippen molar-refractivity contribution < 1.29 is 0 Å². The second-order valence-electron chi connectivity index (χ2n) is 1.31. The highest BCUT2D eigenvalue weighted by molar-refractivity contribution is 8.00. The molecule has 0 fully saturated rings. The highest BCUT2D eigenvalue weighted by atomic mass is 32.2. The zero-order valence-electron chi connectivity index (χ0n) is 4.50. The molecule has 0 saturated carbocycles. The summed E-state index contributed by atoms with van der Waals surface area (Å²) in [6.07, 6.45) is 1.77. The normalized spacial score (nSPS) is 17.3. The van der Waals surface area contributed by atoms with Crippen molar-refractivity contribution in [2.24, 2.45) is 5.73 Å². The average molecular weight is 162 g/mol. The summed E-state index contributed by atoms with van der Waals surface area (Å²) < 4.78 is 1.60. The lowest BCUT2D eigenvalue weighted by Crippen LogP contribution is -2.44. The third-order valence-electron chi connectivity index (χ3n) is 0.638. The second kappa shape index (κ2) is 2.90. The van der Waals surface area contributed by atoms with E-state index in [0.29, 0.717) is 0 Å². The van der Waals surface area contributed by atoms with Gasteiger partial charge in [-0.3, -0.25) is 10.9 Å². The van der Waals surface area contributed by atoms with E-state index in [4.69, 9.17) is 5.73 Å². The molecule has 0 atom stereocenters. The van der Waals surface area contributed by atoms with Crippen LogP contribution in [0.3, 0.4) is 0 Å². The highest BCUT2D eigenvalue weighted by Crippen LogP contribution is 2.09. The van der Waals surface area contributed by atoms with Crippen molar-refractivity contribution >= 4 is 29.3 Å². The molecule has 50 valence electrons. The van der Waals surface area contributed by atoms with Crippen LogP contribution < -0.4 is 16.6 Å². The van der Waals surface area contributed by atoms with Crippen LogP contribution in [-0.4, -0.2) is 9.64 Å². The SMILES string of the molecule is NC(=S)NN1NC=CS1. The van der Waals surface area contributed by atoms with E-state index in [2.05, 4.69) is 23.1 Å². The third kappa shape index (κ3) is 2.08. The van der Waals surface area contributed by atoms with Gasteiger partial charge in [-0.1, -0.05) is 4.52 Å². The van der Waals surface area contributed by atoms with E-state index in [-0.39, 0.29) is 5.11 Å². The molecule has 1 heterocycles. The number of hydrazine groups is 2. The second-order valence-corrected chi connectivity index (χ2v) is 2.60. The van der Waals surface area contributed by atoms with Crippen LogP contribution in [0.4, 0.5) is 0 Å². The Labute approximate surface area is 62.5 Å². The van der Waals surface area contributed by atoms with Crippen LogP contribution in [0, 0.1) is 0 Å². The summed E-state index contributed by atoms with van der Waals surface area (Å²) in [5, 5.41) is 2.12. The van der Waals surface area contributed by atoms with Crippen molar-refractivity contribution in [3.8, 4) is 0 Å². The van der Waals surface area contributed by atoms with Gasteiger partial charge in [0.2, 0.25) is 0 Å². The lowest BCUT2D eigenvalue weighted by Gasteiger charge is -2.13. The van der Waals surface area contributed by atoms with Crippen molar-refractivity contribution in [2.45, 2.75) is 0 Å². The Hall–Kier alpha value is -0.460. The number of nitrogens with one attached hydrogen (secondary N) is 2. The maximum absolute atomic E-state index is 5.17. The van der Waals surface area contributed by atoms with E-state index >= 15 is 0 Å². The summed E-state index contributed by atoms with van der Waals surface area (Å²) in [6.45, 7) is 0. The molecule has 9 heavy (non-hydrogen) atoms. The Morgan fingerprint density at radius 2 is 2.67 bits per heavy atom. The highest BCUT2D eigenvalue weighted by Gasteiger charge is 2.04. The summed E-state index contributed by atoms with van der Waals surface area (Å²) >= 11 is 6.01. The van der Waals surface area contributed by atoms with Gasteiger partial charge in [-0.25, -0.2) is 0 Å². The monoisotopic (exact) mass is 162 g/mol. The van der Waals surface area contributed by atoms with Crippen LogP contribution in [-0.2, 0) is 0 Å². The Kier molecular flexibility index (Phi) is 2.15. The fourth-order valence-corrected chi connectivity index (χ4v) is 1.04. The molecule has 4 nitrogen and oxygen atoms in total. The van der Waals surface area contributed by atoms with Gasteiger partial charge in [0.25, 0.3) is 0 Å². The topological polar surface area (TPSA) is 53.3 Å². The van der Waals surface area contributed by atoms with Crippen LogP contribution in [0.1, 0.15) is 0 Å². The summed E-state index contributed by atoms with van der Waals surface area (Å²) in [5.41, 5.74) is 10.7. The maximum Gasteiger partial charge on any atom is 0.180 e. The summed E-state index contributed by atoms with van der Waals surface area (Å²) in [6, 6.07) is 0. The zero-order chi connectivity index (χ0) is 6.69. The first-order chi connectivity index (χ1) is 4.29. The fraction of sp³-hybridized carbons (Fsp3) is 0. The van der Waals surface area contributed by atoms with Gasteiger partial charge in [0.05, 0.1) is 0 Å². The average Bonchev–Trinajstić information content (AvgIpc) is 2.15. The minimum atomic E-state index is 0.249. The molecule has 0 aliphatic carbocycles. The molecule has 0 spiro atoms. The Morgan fingerprint density at radius 1 is 1.89 bits per heavy atom. The van der Waals surface area contributed by atoms with Crippen LogP contribution in [0.2, 0.25) is 0 Å². The first-order valence-electron chi connectivity index (χ1n) is 2.23. The van der Waals surface area contributed by atoms with E-state index in [1.165, 1.54) is 11.9 Å². The number of hydrogen-bond acceptors (Lipinski definition) is 4. The molecule has 1 aliphatic rings. The number of nitrogens with zero attached hydrogens (tertiary/aromatic N) is 1. The summed E-state index contributed by atoms with van der Waals surface area (Å²) in [5.74, 6) is 0. The van der Waals surface area contributed by atoms with Crippen molar-refractivity contribution in [3.05, 3.63) is 11.6 Å². The molecule has 0 amide bonds. The standard InChI is InChI=1S/C3H6N4S2/c4-3(8)6-7-5-1-2-9-7/h1-2,5H,(H3,4,6,8). The summed E-state index contributed by atoms with van der Waals surface area (Å²) in [4.78, 5) is 0. The number of thiocarbonyl (C=S) groups is 1. The molecule has 0 saturated heterocycles. The summed E-state index contributed by atoms with van der Waals surface area (Å²) in [7, 11) is 0. The third-order valence-corrected chi connectivity index (χ3v) is 1.39. The van der Waals surface area contributed by atoms with Crippen molar-refractivity contribution in [3.63, 3.8) is 0 Å². The van der Waals surface area contributed by atoms with Crippen LogP contribution in [0.15, 0.2) is 11.6 Å². The quantitative estimate of drug-likeness (QED) is 0.363. The predicted octanol–water partition coefficient (Wildman–Crippen LogP) is -0.326. The predicted molar refractivity (Wildman–Crippen MR) is 41.6 cm³/mol. The molecule has 0 bridgehead atoms. The van der Waals surface area contributed by atoms with Gasteiger partial charge in [-0.2, -0.15) is 0 Å². The molecule has 1 rings (SSSR count). The molecule has 0 unspecified atom stereocenters. The zero-order valence-corrected chi connectivity index (χ0v) is 6.13. The van der Waals surface area contributed by atoms with Gasteiger partial charge >= 0.3 is 0 Å². The van der Waals surface area contributed by atoms with Crippen LogP contribution >= 0.6 is 24.2 Å². The van der Waals surface area contributed by atoms with Gasteiger partial charge in [-0.15, -0.1) is 0 Å². The first-order valence-corrected chi connectivity index (χ1v) is 3.48. The van der Waals surface area contributed by atoms with Crippen LogP contribution in [0.25, 0.3) is 0 Å². The molecule has 0 aromatic carbocycles. The van der Waals surface area contributed by atoms with Crippen molar-refractivity contribution in [2.75, 3.05) is 0 Å². The minimum Gasteiger partial charge on any atom is -0.375 e. The molecule has 6 heteroatoms. The molecule has 4 N–H and O–H groups in total. The van der Waals surface area contributed by atoms with E-state index in [9.17, 15) is 0 Å².